The van der Waals surface area contributed by atoms with E-state index in [-0.39, 0.29) is 11.8 Å². The van der Waals surface area contributed by atoms with Gasteiger partial charge in [0.1, 0.15) is 5.69 Å². The first kappa shape index (κ1) is 12.9. The van der Waals surface area contributed by atoms with E-state index in [1.54, 1.807) is 30.5 Å². The molecule has 5 nitrogen and oxygen atoms in total. The van der Waals surface area contributed by atoms with Crippen LogP contribution in [-0.2, 0) is 4.79 Å². The van der Waals surface area contributed by atoms with Crippen LogP contribution in [0.25, 0.3) is 0 Å². The smallest absolute Gasteiger partial charge is 0.272 e. The number of carbonyl (C=O) groups excluding carboxylic acids is 2. The van der Waals surface area contributed by atoms with Crippen LogP contribution in [0.1, 0.15) is 23.0 Å². The second kappa shape index (κ2) is 5.39. The van der Waals surface area contributed by atoms with Crippen molar-refractivity contribution in [2.45, 2.75) is 13.8 Å². The monoisotopic (exact) mass is 257 g/mol. The predicted octanol–water partition coefficient (Wildman–Crippen LogP) is 2.53. The largest absolute Gasteiger partial charge is 0.357 e. The Morgan fingerprint density at radius 2 is 1.95 bits per heavy atom. The Morgan fingerprint density at radius 1 is 1.16 bits per heavy atom. The van der Waals surface area contributed by atoms with Crippen LogP contribution < -0.4 is 10.6 Å². The van der Waals surface area contributed by atoms with Crippen LogP contribution in [0, 0.1) is 6.92 Å². The summed E-state index contributed by atoms with van der Waals surface area (Å²) in [6.07, 6.45) is 1.69. The zero-order valence-corrected chi connectivity index (χ0v) is 10.8. The lowest BCUT2D eigenvalue weighted by atomic mass is 10.1. The normalized spacial score (nSPS) is 10.0. The molecular formula is C14H15N3O2. The summed E-state index contributed by atoms with van der Waals surface area (Å²) in [5, 5.41) is 5.49. The van der Waals surface area contributed by atoms with Gasteiger partial charge < -0.3 is 15.6 Å². The molecule has 0 radical (unpaired) electrons. The van der Waals surface area contributed by atoms with E-state index in [0.29, 0.717) is 17.1 Å². The molecule has 1 heterocycles. The molecule has 0 aliphatic carbocycles. The molecule has 1 aromatic heterocycles. The average molecular weight is 257 g/mol. The number of aromatic amines is 1. The minimum Gasteiger partial charge on any atom is -0.357 e. The van der Waals surface area contributed by atoms with E-state index in [2.05, 4.69) is 15.6 Å². The number of hydrogen-bond acceptors (Lipinski definition) is 2. The zero-order valence-electron chi connectivity index (χ0n) is 10.8. The Labute approximate surface area is 111 Å². The van der Waals surface area contributed by atoms with Gasteiger partial charge in [-0.3, -0.25) is 9.59 Å². The molecule has 19 heavy (non-hydrogen) atoms. The van der Waals surface area contributed by atoms with Crippen LogP contribution in [0.15, 0.2) is 36.5 Å². The maximum atomic E-state index is 11.9. The van der Waals surface area contributed by atoms with Gasteiger partial charge in [0.15, 0.2) is 0 Å². The van der Waals surface area contributed by atoms with Gasteiger partial charge in [-0.05, 0) is 36.8 Å². The van der Waals surface area contributed by atoms with Gasteiger partial charge in [0.2, 0.25) is 5.91 Å². The third kappa shape index (κ3) is 3.22. The van der Waals surface area contributed by atoms with E-state index < -0.39 is 0 Å². The molecule has 98 valence electrons. The van der Waals surface area contributed by atoms with Crippen molar-refractivity contribution in [1.82, 2.24) is 4.98 Å². The van der Waals surface area contributed by atoms with Gasteiger partial charge >= 0.3 is 0 Å². The van der Waals surface area contributed by atoms with Gasteiger partial charge in [0, 0.05) is 24.5 Å². The molecule has 5 heteroatoms. The number of aryl methyl sites for hydroxylation is 1. The average Bonchev–Trinajstić information content (AvgIpc) is 2.86. The Balaban J connectivity index is 2.19. The van der Waals surface area contributed by atoms with Gasteiger partial charge in [0.25, 0.3) is 5.91 Å². The van der Waals surface area contributed by atoms with Crippen molar-refractivity contribution in [3.05, 3.63) is 47.8 Å². The maximum absolute atomic E-state index is 11.9. The first-order valence-corrected chi connectivity index (χ1v) is 5.89. The summed E-state index contributed by atoms with van der Waals surface area (Å²) in [6, 6.07) is 8.83. The van der Waals surface area contributed by atoms with Crippen LogP contribution in [-0.4, -0.2) is 16.8 Å². The summed E-state index contributed by atoms with van der Waals surface area (Å²) in [5.74, 6) is -0.362. The standard InChI is InChI=1S/C14H15N3O2/c1-9-5-6-11(16-10(2)18)8-13(9)17-14(19)12-4-3-7-15-12/h3-8,15H,1-2H3,(H,16,18)(H,17,19). The molecule has 3 N–H and O–H groups in total. The molecule has 0 unspecified atom stereocenters. The number of hydrogen-bond donors (Lipinski definition) is 3. The topological polar surface area (TPSA) is 74.0 Å². The minimum atomic E-state index is -0.215. The molecule has 2 rings (SSSR count). The number of rotatable bonds is 3. The van der Waals surface area contributed by atoms with Gasteiger partial charge in [-0.2, -0.15) is 0 Å². The van der Waals surface area contributed by atoms with E-state index in [9.17, 15) is 9.59 Å². The highest BCUT2D eigenvalue weighted by Crippen LogP contribution is 2.20. The molecule has 0 spiro atoms. The lowest BCUT2D eigenvalue weighted by Gasteiger charge is -2.10. The molecule has 0 saturated carbocycles. The lowest BCUT2D eigenvalue weighted by molar-refractivity contribution is -0.114. The van der Waals surface area contributed by atoms with Gasteiger partial charge in [0.05, 0.1) is 0 Å². The number of nitrogens with one attached hydrogen (secondary N) is 3. The quantitative estimate of drug-likeness (QED) is 0.790. The number of amides is 2. The van der Waals surface area contributed by atoms with E-state index in [0.717, 1.165) is 5.56 Å². The van der Waals surface area contributed by atoms with Crippen molar-refractivity contribution in [3.8, 4) is 0 Å². The number of aromatic nitrogens is 1. The first-order chi connectivity index (χ1) is 9.06. The maximum Gasteiger partial charge on any atom is 0.272 e. The fraction of sp³-hybridized carbons (Fsp3) is 0.143. The minimum absolute atomic E-state index is 0.148. The fourth-order valence-electron chi connectivity index (χ4n) is 1.70. The second-order valence-electron chi connectivity index (χ2n) is 4.25. The van der Waals surface area contributed by atoms with Crippen LogP contribution in [0.5, 0.6) is 0 Å². The molecule has 2 aromatic rings. The summed E-state index contributed by atoms with van der Waals surface area (Å²) < 4.78 is 0. The van der Waals surface area contributed by atoms with E-state index >= 15 is 0 Å². The lowest BCUT2D eigenvalue weighted by Crippen LogP contribution is -2.14. The molecule has 0 saturated heterocycles. The third-order valence-corrected chi connectivity index (χ3v) is 2.65. The van der Waals surface area contributed by atoms with E-state index in [1.165, 1.54) is 6.92 Å². The Kier molecular flexibility index (Phi) is 3.66. The molecule has 0 aliphatic rings. The summed E-state index contributed by atoms with van der Waals surface area (Å²) >= 11 is 0. The first-order valence-electron chi connectivity index (χ1n) is 5.89. The number of carbonyl (C=O) groups is 2. The predicted molar refractivity (Wildman–Crippen MR) is 74.2 cm³/mol. The number of anilines is 2. The number of H-pyrrole nitrogens is 1. The SMILES string of the molecule is CC(=O)Nc1ccc(C)c(NC(=O)c2ccc[nH]2)c1. The molecule has 0 atom stereocenters. The molecular weight excluding hydrogens is 242 g/mol. The fourth-order valence-corrected chi connectivity index (χ4v) is 1.70. The van der Waals surface area contributed by atoms with Crippen molar-refractivity contribution >= 4 is 23.2 Å². The van der Waals surface area contributed by atoms with Crippen molar-refractivity contribution in [2.75, 3.05) is 10.6 Å². The summed E-state index contributed by atoms with van der Waals surface area (Å²) in [5.41, 5.74) is 2.74. The van der Waals surface area contributed by atoms with Gasteiger partial charge in [-0.1, -0.05) is 6.07 Å². The molecule has 0 bridgehead atoms. The summed E-state index contributed by atoms with van der Waals surface area (Å²) in [4.78, 5) is 25.8. The van der Waals surface area contributed by atoms with Crippen LogP contribution in [0.2, 0.25) is 0 Å². The molecule has 1 aromatic carbocycles. The van der Waals surface area contributed by atoms with Crippen LogP contribution in [0.4, 0.5) is 11.4 Å². The van der Waals surface area contributed by atoms with Crippen molar-refractivity contribution in [2.24, 2.45) is 0 Å². The van der Waals surface area contributed by atoms with Crippen molar-refractivity contribution in [3.63, 3.8) is 0 Å². The second-order valence-corrected chi connectivity index (χ2v) is 4.25. The van der Waals surface area contributed by atoms with Crippen LogP contribution >= 0.6 is 0 Å². The Morgan fingerprint density at radius 3 is 2.58 bits per heavy atom. The van der Waals surface area contributed by atoms with Gasteiger partial charge in [-0.15, -0.1) is 0 Å². The van der Waals surface area contributed by atoms with E-state index in [4.69, 9.17) is 0 Å². The highest BCUT2D eigenvalue weighted by atomic mass is 16.2. The van der Waals surface area contributed by atoms with Crippen molar-refractivity contribution < 1.29 is 9.59 Å². The summed E-state index contributed by atoms with van der Waals surface area (Å²) in [6.45, 7) is 3.33. The van der Waals surface area contributed by atoms with Crippen molar-refractivity contribution in [1.29, 1.82) is 0 Å². The zero-order chi connectivity index (χ0) is 13.8. The molecule has 0 fully saturated rings. The highest BCUT2D eigenvalue weighted by molar-refractivity contribution is 6.03. The Bertz CT molecular complexity index is 603. The molecule has 2 amide bonds. The van der Waals surface area contributed by atoms with Crippen LogP contribution in [0.3, 0.4) is 0 Å². The summed E-state index contributed by atoms with van der Waals surface area (Å²) in [7, 11) is 0. The highest BCUT2D eigenvalue weighted by Gasteiger charge is 2.09. The van der Waals surface area contributed by atoms with E-state index in [1.807, 2.05) is 13.0 Å². The molecule has 0 aliphatic heterocycles. The van der Waals surface area contributed by atoms with Gasteiger partial charge in [-0.25, -0.2) is 0 Å². The third-order valence-electron chi connectivity index (χ3n) is 2.65. The Hall–Kier alpha value is -2.56. The number of benzene rings is 1.